The summed E-state index contributed by atoms with van der Waals surface area (Å²) in [5.74, 6) is 0.393. The van der Waals surface area contributed by atoms with E-state index in [1.807, 2.05) is 11.0 Å². The van der Waals surface area contributed by atoms with Crippen molar-refractivity contribution in [1.29, 1.82) is 0 Å². The van der Waals surface area contributed by atoms with Crippen LogP contribution in [0.4, 0.5) is 17.6 Å². The number of H-pyrrole nitrogens is 1. The molecule has 1 saturated heterocycles. The van der Waals surface area contributed by atoms with Crippen LogP contribution >= 0.6 is 11.3 Å². The topological polar surface area (TPSA) is 22.3 Å². The van der Waals surface area contributed by atoms with Crippen LogP contribution in [0, 0.1) is 5.92 Å². The van der Waals surface area contributed by atoms with Gasteiger partial charge in [0.05, 0.1) is 12.5 Å². The molecular formula is C27H33F4N3S. The van der Waals surface area contributed by atoms with Gasteiger partial charge in [0.25, 0.3) is 0 Å². The summed E-state index contributed by atoms with van der Waals surface area (Å²) in [6, 6.07) is 12.8. The van der Waals surface area contributed by atoms with E-state index in [1.54, 1.807) is 25.2 Å². The molecule has 190 valence electrons. The van der Waals surface area contributed by atoms with E-state index in [0.29, 0.717) is 12.5 Å². The van der Waals surface area contributed by atoms with Crippen LogP contribution in [0.3, 0.4) is 0 Å². The Kier molecular flexibility index (Phi) is 6.51. The van der Waals surface area contributed by atoms with Gasteiger partial charge in [-0.1, -0.05) is 18.2 Å². The molecule has 0 saturated carbocycles. The lowest BCUT2D eigenvalue weighted by atomic mass is 9.90. The van der Waals surface area contributed by atoms with Gasteiger partial charge in [-0.05, 0) is 63.3 Å². The zero-order valence-electron chi connectivity index (χ0n) is 20.5. The number of alkyl halides is 4. The van der Waals surface area contributed by atoms with Gasteiger partial charge in [0.2, 0.25) is 0 Å². The molecule has 0 radical (unpaired) electrons. The molecule has 2 atom stereocenters. The number of nitrogens with one attached hydrogen (secondary N) is 1. The molecule has 0 unspecified atom stereocenters. The molecule has 3 nitrogen and oxygen atoms in total. The summed E-state index contributed by atoms with van der Waals surface area (Å²) in [5, 5.41) is 1.24. The molecule has 4 heterocycles. The number of halogens is 4. The van der Waals surface area contributed by atoms with Crippen molar-refractivity contribution in [2.45, 2.75) is 64.0 Å². The van der Waals surface area contributed by atoms with Crippen molar-refractivity contribution < 1.29 is 17.6 Å². The van der Waals surface area contributed by atoms with Crippen LogP contribution in [0.1, 0.15) is 54.2 Å². The third kappa shape index (κ3) is 5.44. The summed E-state index contributed by atoms with van der Waals surface area (Å²) in [6.45, 7) is 7.33. The Morgan fingerprint density at radius 2 is 1.80 bits per heavy atom. The molecule has 0 amide bonds. The minimum atomic E-state index is -4.09. The smallest absolute Gasteiger partial charge is 0.357 e. The van der Waals surface area contributed by atoms with Crippen molar-refractivity contribution in [2.24, 2.45) is 5.92 Å². The summed E-state index contributed by atoms with van der Waals surface area (Å²) in [6.07, 6.45) is -3.08. The standard InChI is InChI=1S/C27H33F4N3S/c1-17-12-21-20-6-4-5-7-22(20)32-24(21)25(34(17)16-26(2,3)28)23-9-8-19(35-23)13-18-14-33(15-18)11-10-27(29,30)31/h4-9,17-18,25,32H,10-16H2,1-3H3/t17-,25-/m1/s1. The van der Waals surface area contributed by atoms with Gasteiger partial charge in [0.15, 0.2) is 0 Å². The number of benzene rings is 1. The molecule has 5 rings (SSSR count). The molecule has 0 spiro atoms. The number of likely N-dealkylation sites (tertiary alicyclic amines) is 1. The number of para-hydroxylation sites is 1. The number of rotatable bonds is 7. The van der Waals surface area contributed by atoms with Crippen LogP contribution in [0.2, 0.25) is 0 Å². The maximum atomic E-state index is 14.9. The highest BCUT2D eigenvalue weighted by molar-refractivity contribution is 7.12. The number of thiophene rings is 1. The van der Waals surface area contributed by atoms with Gasteiger partial charge in [0, 0.05) is 58.6 Å². The lowest BCUT2D eigenvalue weighted by molar-refractivity contribution is -0.141. The summed E-state index contributed by atoms with van der Waals surface area (Å²) in [7, 11) is 0. The molecule has 0 aliphatic carbocycles. The predicted octanol–water partition coefficient (Wildman–Crippen LogP) is 6.74. The van der Waals surface area contributed by atoms with Crippen molar-refractivity contribution in [3.63, 3.8) is 0 Å². The quantitative estimate of drug-likeness (QED) is 0.358. The van der Waals surface area contributed by atoms with Gasteiger partial charge >= 0.3 is 6.18 Å². The third-order valence-corrected chi connectivity index (χ3v) is 8.42. The first-order valence-electron chi connectivity index (χ1n) is 12.4. The molecule has 8 heteroatoms. The highest BCUT2D eigenvalue weighted by atomic mass is 32.1. The van der Waals surface area contributed by atoms with Gasteiger partial charge in [0.1, 0.15) is 5.67 Å². The number of aromatic nitrogens is 1. The number of fused-ring (bicyclic) bond motifs is 3. The van der Waals surface area contributed by atoms with Crippen molar-refractivity contribution >= 4 is 22.2 Å². The molecular weight excluding hydrogens is 474 g/mol. The Labute approximate surface area is 208 Å². The first-order chi connectivity index (χ1) is 16.5. The predicted molar refractivity (Wildman–Crippen MR) is 134 cm³/mol. The normalized spacial score (nSPS) is 22.5. The van der Waals surface area contributed by atoms with E-state index in [2.05, 4.69) is 47.1 Å². The second-order valence-corrected chi connectivity index (χ2v) is 12.1. The van der Waals surface area contributed by atoms with E-state index in [4.69, 9.17) is 0 Å². The average molecular weight is 508 g/mol. The van der Waals surface area contributed by atoms with Crippen molar-refractivity contribution in [3.8, 4) is 0 Å². The van der Waals surface area contributed by atoms with E-state index >= 15 is 0 Å². The average Bonchev–Trinajstić information content (AvgIpc) is 3.33. The van der Waals surface area contributed by atoms with Crippen molar-refractivity contribution in [1.82, 2.24) is 14.8 Å². The molecule has 1 N–H and O–H groups in total. The molecule has 2 aromatic heterocycles. The molecule has 1 fully saturated rings. The first kappa shape index (κ1) is 24.8. The lowest BCUT2D eigenvalue weighted by Gasteiger charge is -2.42. The maximum absolute atomic E-state index is 14.9. The van der Waals surface area contributed by atoms with Gasteiger partial charge in [-0.25, -0.2) is 4.39 Å². The molecule has 3 aromatic rings. The zero-order valence-corrected chi connectivity index (χ0v) is 21.3. The second kappa shape index (κ2) is 9.20. The minimum Gasteiger partial charge on any atom is -0.357 e. The number of aromatic amines is 1. The van der Waals surface area contributed by atoms with Gasteiger partial charge in [-0.2, -0.15) is 13.2 Å². The van der Waals surface area contributed by atoms with Crippen molar-refractivity contribution in [2.75, 3.05) is 26.2 Å². The van der Waals surface area contributed by atoms with Gasteiger partial charge in [-0.3, -0.25) is 4.90 Å². The maximum Gasteiger partial charge on any atom is 0.390 e. The summed E-state index contributed by atoms with van der Waals surface area (Å²) < 4.78 is 52.3. The first-order valence-corrected chi connectivity index (χ1v) is 13.2. The third-order valence-electron chi connectivity index (χ3n) is 7.26. The number of hydrogen-bond donors (Lipinski definition) is 1. The summed E-state index contributed by atoms with van der Waals surface area (Å²) in [5.41, 5.74) is 2.27. The number of nitrogens with zero attached hydrogens (tertiary/aromatic N) is 2. The number of hydrogen-bond acceptors (Lipinski definition) is 3. The highest BCUT2D eigenvalue weighted by Gasteiger charge is 2.39. The van der Waals surface area contributed by atoms with Crippen LogP contribution in [-0.4, -0.2) is 58.8 Å². The Hall–Kier alpha value is -1.90. The highest BCUT2D eigenvalue weighted by Crippen LogP contribution is 2.44. The van der Waals surface area contributed by atoms with E-state index in [1.165, 1.54) is 20.7 Å². The van der Waals surface area contributed by atoms with Crippen molar-refractivity contribution in [3.05, 3.63) is 57.4 Å². The van der Waals surface area contributed by atoms with Gasteiger partial charge < -0.3 is 9.88 Å². The van der Waals surface area contributed by atoms with Gasteiger partial charge in [-0.15, -0.1) is 11.3 Å². The largest absolute Gasteiger partial charge is 0.390 e. The molecule has 2 aliphatic rings. The molecule has 0 bridgehead atoms. The van der Waals surface area contributed by atoms with Crippen LogP contribution < -0.4 is 0 Å². The Balaban J connectivity index is 1.37. The molecule has 1 aromatic carbocycles. The lowest BCUT2D eigenvalue weighted by Crippen LogP contribution is -2.48. The fraction of sp³-hybridized carbons (Fsp3) is 0.556. The van der Waals surface area contributed by atoms with E-state index < -0.39 is 18.3 Å². The SMILES string of the molecule is C[C@@H]1Cc2c([nH]c3ccccc23)[C@@H](c2ccc(CC3CN(CCC(F)(F)F)C3)s2)N1CC(C)(C)F. The van der Waals surface area contributed by atoms with E-state index in [0.717, 1.165) is 37.1 Å². The van der Waals surface area contributed by atoms with Crippen LogP contribution in [-0.2, 0) is 12.8 Å². The Morgan fingerprint density at radius 3 is 2.51 bits per heavy atom. The Bertz CT molecular complexity index is 1170. The van der Waals surface area contributed by atoms with Crippen LogP contribution in [0.5, 0.6) is 0 Å². The monoisotopic (exact) mass is 507 g/mol. The second-order valence-electron chi connectivity index (χ2n) is 10.9. The zero-order chi connectivity index (χ0) is 25.0. The van der Waals surface area contributed by atoms with E-state index in [-0.39, 0.29) is 18.6 Å². The van der Waals surface area contributed by atoms with Crippen LogP contribution in [0.25, 0.3) is 10.9 Å². The van der Waals surface area contributed by atoms with E-state index in [9.17, 15) is 17.6 Å². The fourth-order valence-corrected chi connectivity index (χ4v) is 6.96. The Morgan fingerprint density at radius 1 is 1.06 bits per heavy atom. The van der Waals surface area contributed by atoms with Crippen LogP contribution in [0.15, 0.2) is 36.4 Å². The minimum absolute atomic E-state index is 0.0420. The summed E-state index contributed by atoms with van der Waals surface area (Å²) >= 11 is 1.76. The summed E-state index contributed by atoms with van der Waals surface area (Å²) in [4.78, 5) is 10.3. The molecule has 2 aliphatic heterocycles. The fourth-order valence-electron chi connectivity index (χ4n) is 5.70. The molecule has 35 heavy (non-hydrogen) atoms.